The summed E-state index contributed by atoms with van der Waals surface area (Å²) in [4.78, 5) is 27.9. The first kappa shape index (κ1) is 29.9. The lowest BCUT2D eigenvalue weighted by molar-refractivity contribution is -0.122. The van der Waals surface area contributed by atoms with Crippen LogP contribution in [0.2, 0.25) is 20.1 Å². The molecule has 1 saturated heterocycles. The molecule has 0 radical (unpaired) electrons. The predicted octanol–water partition coefficient (Wildman–Crippen LogP) is 8.17. The fraction of sp³-hybridized carbons (Fsp3) is 0.333. The first-order valence-corrected chi connectivity index (χ1v) is 14.8. The van der Waals surface area contributed by atoms with Gasteiger partial charge in [0.1, 0.15) is 11.4 Å². The molecule has 3 aromatic rings. The minimum atomic E-state index is -0.846. The van der Waals surface area contributed by atoms with E-state index in [1.165, 1.54) is 12.1 Å². The molecule has 1 spiro atoms. The van der Waals surface area contributed by atoms with Crippen LogP contribution in [0.3, 0.4) is 0 Å². The third-order valence-corrected chi connectivity index (χ3v) is 9.08. The number of amides is 2. The van der Waals surface area contributed by atoms with Gasteiger partial charge in [-0.25, -0.2) is 9.18 Å². The van der Waals surface area contributed by atoms with Crippen LogP contribution in [0.15, 0.2) is 54.6 Å². The predicted molar refractivity (Wildman–Crippen MR) is 161 cm³/mol. The second-order valence-corrected chi connectivity index (χ2v) is 12.0. The highest BCUT2D eigenvalue weighted by molar-refractivity contribution is 6.42. The van der Waals surface area contributed by atoms with Crippen molar-refractivity contribution in [2.45, 2.75) is 43.7 Å². The topological polar surface area (TPSA) is 70.7 Å². The van der Waals surface area contributed by atoms with E-state index >= 15 is 0 Å². The van der Waals surface area contributed by atoms with E-state index in [9.17, 15) is 14.0 Å². The summed E-state index contributed by atoms with van der Waals surface area (Å²) >= 11 is 24.7. The molecule has 2 aliphatic heterocycles. The Bertz CT molecular complexity index is 1460. The van der Waals surface area contributed by atoms with Gasteiger partial charge in [0.2, 0.25) is 5.91 Å². The summed E-state index contributed by atoms with van der Waals surface area (Å²) in [6.45, 7) is 2.34. The molecule has 216 valence electrons. The van der Waals surface area contributed by atoms with Gasteiger partial charge in [-0.3, -0.25) is 10.1 Å². The molecule has 2 amide bonds. The van der Waals surface area contributed by atoms with Crippen molar-refractivity contribution in [1.29, 1.82) is 0 Å². The molecule has 2 heterocycles. The highest BCUT2D eigenvalue weighted by Crippen LogP contribution is 2.44. The zero-order valence-electron chi connectivity index (χ0n) is 22.0. The average Bonchev–Trinajstić information content (AvgIpc) is 2.93. The van der Waals surface area contributed by atoms with E-state index in [4.69, 9.17) is 51.1 Å². The number of fused-ring (bicyclic) bond motifs is 2. The summed E-state index contributed by atoms with van der Waals surface area (Å²) < 4.78 is 19.8. The molecule has 1 fully saturated rings. The number of anilines is 1. The van der Waals surface area contributed by atoms with E-state index in [1.54, 1.807) is 36.4 Å². The molecule has 1 unspecified atom stereocenters. The van der Waals surface area contributed by atoms with Crippen molar-refractivity contribution in [2.75, 3.05) is 25.0 Å². The molecular formula is C30H28Cl4FN3O3. The number of halogens is 5. The van der Waals surface area contributed by atoms with Crippen molar-refractivity contribution in [1.82, 2.24) is 10.2 Å². The Morgan fingerprint density at radius 2 is 1.78 bits per heavy atom. The van der Waals surface area contributed by atoms with Gasteiger partial charge in [0.25, 0.3) is 0 Å². The first-order chi connectivity index (χ1) is 19.6. The summed E-state index contributed by atoms with van der Waals surface area (Å²) in [5.74, 6) is -0.963. The van der Waals surface area contributed by atoms with Crippen LogP contribution in [0.4, 0.5) is 14.9 Å². The summed E-state index contributed by atoms with van der Waals surface area (Å²) in [5.41, 5.74) is 1.96. The SMILES string of the molecule is O=C1Nc2ccc(F)cc2C2(CCN(CCCC(C(=O)NCc3ccc(Cl)cc3Cl)c3ccc(Cl)c(Cl)c3)CC2)O1. The first-order valence-electron chi connectivity index (χ1n) is 13.3. The Kier molecular flexibility index (Phi) is 9.31. The highest BCUT2D eigenvalue weighted by Gasteiger charge is 2.44. The van der Waals surface area contributed by atoms with Gasteiger partial charge in [-0.1, -0.05) is 58.5 Å². The van der Waals surface area contributed by atoms with E-state index < -0.39 is 17.6 Å². The monoisotopic (exact) mass is 637 g/mol. The van der Waals surface area contributed by atoms with Gasteiger partial charge >= 0.3 is 6.09 Å². The van der Waals surface area contributed by atoms with Gasteiger partial charge in [0, 0.05) is 48.1 Å². The Balaban J connectivity index is 1.22. The Labute approximate surface area is 258 Å². The van der Waals surface area contributed by atoms with Crippen LogP contribution in [-0.4, -0.2) is 36.5 Å². The van der Waals surface area contributed by atoms with Crippen molar-refractivity contribution in [3.05, 3.63) is 97.2 Å². The van der Waals surface area contributed by atoms with Gasteiger partial charge in [-0.15, -0.1) is 0 Å². The summed E-state index contributed by atoms with van der Waals surface area (Å²) in [6, 6.07) is 14.8. The van der Waals surface area contributed by atoms with Crippen LogP contribution >= 0.6 is 46.4 Å². The average molecular weight is 639 g/mol. The van der Waals surface area contributed by atoms with E-state index in [-0.39, 0.29) is 18.3 Å². The molecule has 0 saturated carbocycles. The van der Waals surface area contributed by atoms with Gasteiger partial charge < -0.3 is 15.0 Å². The molecule has 0 aliphatic carbocycles. The van der Waals surface area contributed by atoms with Crippen molar-refractivity contribution in [3.8, 4) is 0 Å². The Hall–Kier alpha value is -2.55. The van der Waals surface area contributed by atoms with Crippen LogP contribution in [0.1, 0.15) is 48.3 Å². The maximum Gasteiger partial charge on any atom is 0.412 e. The van der Waals surface area contributed by atoms with E-state index in [0.717, 1.165) is 24.1 Å². The minimum Gasteiger partial charge on any atom is -0.438 e. The lowest BCUT2D eigenvalue weighted by atomic mass is 9.82. The number of piperidine rings is 1. The second kappa shape index (κ2) is 12.8. The number of likely N-dealkylation sites (tertiary alicyclic amines) is 1. The third-order valence-electron chi connectivity index (χ3n) is 7.76. The fourth-order valence-electron chi connectivity index (χ4n) is 5.55. The number of hydrogen-bond donors (Lipinski definition) is 2. The number of hydrogen-bond acceptors (Lipinski definition) is 4. The maximum absolute atomic E-state index is 14.0. The zero-order chi connectivity index (χ0) is 29.1. The molecule has 1 atom stereocenters. The zero-order valence-corrected chi connectivity index (χ0v) is 25.0. The smallest absolute Gasteiger partial charge is 0.412 e. The maximum atomic E-state index is 14.0. The largest absolute Gasteiger partial charge is 0.438 e. The molecule has 3 aromatic carbocycles. The number of nitrogens with zero attached hydrogens (tertiary/aromatic N) is 1. The van der Waals surface area contributed by atoms with E-state index in [0.29, 0.717) is 63.7 Å². The van der Waals surface area contributed by atoms with E-state index in [1.807, 2.05) is 6.07 Å². The number of carbonyl (C=O) groups excluding carboxylic acids is 2. The van der Waals surface area contributed by atoms with Gasteiger partial charge in [-0.2, -0.15) is 0 Å². The number of nitrogens with one attached hydrogen (secondary N) is 2. The van der Waals surface area contributed by atoms with Gasteiger partial charge in [-0.05, 0) is 73.0 Å². The van der Waals surface area contributed by atoms with Gasteiger partial charge in [0.05, 0.1) is 21.7 Å². The molecule has 2 N–H and O–H groups in total. The van der Waals surface area contributed by atoms with Crippen LogP contribution in [-0.2, 0) is 21.7 Å². The molecule has 6 nitrogen and oxygen atoms in total. The lowest BCUT2D eigenvalue weighted by Crippen LogP contribution is -2.48. The van der Waals surface area contributed by atoms with Gasteiger partial charge in [0.15, 0.2) is 0 Å². The normalized spacial score (nSPS) is 17.0. The number of benzene rings is 3. The second-order valence-electron chi connectivity index (χ2n) is 10.4. The molecule has 41 heavy (non-hydrogen) atoms. The Morgan fingerprint density at radius 1 is 1.00 bits per heavy atom. The number of carbonyl (C=O) groups is 2. The molecular weight excluding hydrogens is 611 g/mol. The molecule has 11 heteroatoms. The van der Waals surface area contributed by atoms with Crippen molar-refractivity contribution >= 4 is 64.1 Å². The Morgan fingerprint density at radius 3 is 2.51 bits per heavy atom. The third kappa shape index (κ3) is 6.92. The quantitative estimate of drug-likeness (QED) is 0.261. The standard InChI is InChI=1S/C30H28Cl4FN3O3/c31-20-5-3-19(25(33)15-20)17-36-28(39)22(18-4-7-24(32)26(34)14-18)2-1-11-38-12-9-30(10-13-38)23-16-21(35)6-8-27(23)37-29(40)41-30/h3-8,14-16,22H,1-2,9-13,17H2,(H,36,39)(H,37,40). The summed E-state index contributed by atoms with van der Waals surface area (Å²) in [5, 5.41) is 7.48. The highest BCUT2D eigenvalue weighted by atomic mass is 35.5. The molecule has 5 rings (SSSR count). The summed E-state index contributed by atoms with van der Waals surface area (Å²) in [6.07, 6.45) is 1.89. The number of ether oxygens (including phenoxy) is 1. The van der Waals surface area contributed by atoms with Crippen LogP contribution in [0, 0.1) is 5.82 Å². The van der Waals surface area contributed by atoms with Crippen molar-refractivity contribution in [2.24, 2.45) is 0 Å². The molecule has 0 aromatic heterocycles. The summed E-state index contributed by atoms with van der Waals surface area (Å²) in [7, 11) is 0. The van der Waals surface area contributed by atoms with Crippen LogP contribution < -0.4 is 10.6 Å². The lowest BCUT2D eigenvalue weighted by Gasteiger charge is -2.44. The molecule has 2 aliphatic rings. The van der Waals surface area contributed by atoms with Crippen molar-refractivity contribution < 1.29 is 18.7 Å². The minimum absolute atomic E-state index is 0.146. The van der Waals surface area contributed by atoms with Crippen LogP contribution in [0.25, 0.3) is 0 Å². The number of rotatable bonds is 8. The van der Waals surface area contributed by atoms with Crippen LogP contribution in [0.5, 0.6) is 0 Å². The van der Waals surface area contributed by atoms with Crippen molar-refractivity contribution in [3.63, 3.8) is 0 Å². The fourth-order valence-corrected chi connectivity index (χ4v) is 6.33. The molecule has 0 bridgehead atoms. The van der Waals surface area contributed by atoms with E-state index in [2.05, 4.69) is 15.5 Å².